The Bertz CT molecular complexity index is 2020. The molecule has 4 heterocycles. The molecule has 198 valence electrons. The molecule has 1 aliphatic heterocycles. The Morgan fingerprint density at radius 1 is 1.02 bits per heavy atom. The molecule has 0 saturated carbocycles. The molecule has 1 atom stereocenters. The number of hydrogen-bond acceptors (Lipinski definition) is 8. The molecule has 0 spiro atoms. The molecule has 3 aromatic carbocycles. The van der Waals surface area contributed by atoms with E-state index < -0.39 is 11.5 Å². The monoisotopic (exact) mass is 600 g/mol. The lowest BCUT2D eigenvalue weighted by Crippen LogP contribution is -2.22. The topological polar surface area (TPSA) is 101 Å². The second-order valence-electron chi connectivity index (χ2n) is 9.08. The van der Waals surface area contributed by atoms with E-state index in [1.807, 2.05) is 18.2 Å². The van der Waals surface area contributed by atoms with Gasteiger partial charge < -0.3 is 18.6 Å². The van der Waals surface area contributed by atoms with E-state index in [9.17, 15) is 9.18 Å². The third-order valence-electron chi connectivity index (χ3n) is 6.85. The average Bonchev–Trinajstić information content (AvgIpc) is 3.41. The Hall–Kier alpha value is -4.77. The number of nitrogens with zero attached hydrogens (tertiary/aromatic N) is 4. The van der Waals surface area contributed by atoms with E-state index in [0.717, 1.165) is 0 Å². The number of fused-ring (bicyclic) bond motifs is 6. The SMILES string of the molecule is COc1cc(C2c3c(c4ccccc4oc3=O)Oc3ncn4nc(-c5ccc(F)cc5)nc4c32)cc(Br)c1OC. The molecule has 0 aliphatic carbocycles. The Labute approximate surface area is 233 Å². The van der Waals surface area contributed by atoms with E-state index in [1.54, 1.807) is 37.4 Å². The van der Waals surface area contributed by atoms with Gasteiger partial charge in [0.25, 0.3) is 0 Å². The van der Waals surface area contributed by atoms with Gasteiger partial charge in [-0.3, -0.25) is 0 Å². The van der Waals surface area contributed by atoms with Gasteiger partial charge in [-0.25, -0.2) is 23.7 Å². The minimum atomic E-state index is -0.725. The zero-order valence-electron chi connectivity index (χ0n) is 21.0. The normalized spacial score (nSPS) is 14.1. The molecule has 6 aromatic rings. The van der Waals surface area contributed by atoms with Crippen LogP contribution in [0.15, 0.2) is 80.7 Å². The van der Waals surface area contributed by atoms with E-state index in [0.29, 0.717) is 60.9 Å². The maximum absolute atomic E-state index is 13.6. The highest BCUT2D eigenvalue weighted by molar-refractivity contribution is 9.10. The third-order valence-corrected chi connectivity index (χ3v) is 7.44. The smallest absolute Gasteiger partial charge is 0.344 e. The maximum atomic E-state index is 13.6. The van der Waals surface area contributed by atoms with Crippen LogP contribution in [0.1, 0.15) is 22.6 Å². The molecule has 1 aliphatic rings. The molecule has 0 N–H and O–H groups in total. The number of rotatable bonds is 4. The number of para-hydroxylation sites is 1. The van der Waals surface area contributed by atoms with Gasteiger partial charge in [0, 0.05) is 5.56 Å². The van der Waals surface area contributed by atoms with Crippen LogP contribution < -0.4 is 19.8 Å². The number of aromatic nitrogens is 4. The number of benzene rings is 3. The van der Waals surface area contributed by atoms with Gasteiger partial charge in [0.15, 0.2) is 28.7 Å². The maximum Gasteiger partial charge on any atom is 0.344 e. The quantitative estimate of drug-likeness (QED) is 0.223. The van der Waals surface area contributed by atoms with Crippen molar-refractivity contribution in [3.8, 4) is 34.5 Å². The Balaban J connectivity index is 1.55. The van der Waals surface area contributed by atoms with Crippen LogP contribution in [0.5, 0.6) is 23.1 Å². The summed E-state index contributed by atoms with van der Waals surface area (Å²) in [6.07, 6.45) is 1.49. The molecule has 9 nitrogen and oxygen atoms in total. The number of methoxy groups -OCH3 is 2. The van der Waals surface area contributed by atoms with Crippen molar-refractivity contribution in [2.24, 2.45) is 0 Å². The fourth-order valence-electron chi connectivity index (χ4n) is 5.09. The van der Waals surface area contributed by atoms with Gasteiger partial charge in [0.05, 0.1) is 41.1 Å². The molecule has 0 saturated heterocycles. The van der Waals surface area contributed by atoms with Crippen molar-refractivity contribution in [1.82, 2.24) is 19.6 Å². The van der Waals surface area contributed by atoms with Crippen LogP contribution in [-0.4, -0.2) is 33.8 Å². The molecule has 0 radical (unpaired) electrons. The minimum Gasteiger partial charge on any atom is -0.493 e. The van der Waals surface area contributed by atoms with E-state index in [2.05, 4.69) is 26.0 Å². The summed E-state index contributed by atoms with van der Waals surface area (Å²) in [7, 11) is 3.08. The first-order chi connectivity index (χ1) is 19.5. The molecule has 3 aromatic heterocycles. The highest BCUT2D eigenvalue weighted by atomic mass is 79.9. The number of hydrogen-bond donors (Lipinski definition) is 0. The Morgan fingerprint density at radius 3 is 2.60 bits per heavy atom. The largest absolute Gasteiger partial charge is 0.493 e. The van der Waals surface area contributed by atoms with Crippen LogP contribution in [0.4, 0.5) is 4.39 Å². The van der Waals surface area contributed by atoms with Crippen LogP contribution in [0.2, 0.25) is 0 Å². The summed E-state index contributed by atoms with van der Waals surface area (Å²) in [5.41, 5.74) is 2.34. The summed E-state index contributed by atoms with van der Waals surface area (Å²) in [6.45, 7) is 0. The molecule has 40 heavy (non-hydrogen) atoms. The summed E-state index contributed by atoms with van der Waals surface area (Å²) >= 11 is 3.58. The average molecular weight is 601 g/mol. The molecule has 0 fully saturated rings. The van der Waals surface area contributed by atoms with Gasteiger partial charge in [-0.1, -0.05) is 12.1 Å². The minimum absolute atomic E-state index is 0.268. The molecular formula is C29H18BrFN4O5. The zero-order valence-corrected chi connectivity index (χ0v) is 22.6. The highest BCUT2D eigenvalue weighted by Crippen LogP contribution is 2.50. The summed E-state index contributed by atoms with van der Waals surface area (Å²) in [4.78, 5) is 22.9. The molecule has 7 rings (SSSR count). The van der Waals surface area contributed by atoms with Crippen LogP contribution >= 0.6 is 15.9 Å². The van der Waals surface area contributed by atoms with Crippen molar-refractivity contribution in [1.29, 1.82) is 0 Å². The second-order valence-corrected chi connectivity index (χ2v) is 9.93. The van der Waals surface area contributed by atoms with Crippen LogP contribution in [0.25, 0.3) is 28.0 Å². The van der Waals surface area contributed by atoms with Crippen molar-refractivity contribution in [3.63, 3.8) is 0 Å². The lowest BCUT2D eigenvalue weighted by molar-refractivity contribution is 0.352. The second kappa shape index (κ2) is 9.16. The first-order valence-electron chi connectivity index (χ1n) is 12.1. The van der Waals surface area contributed by atoms with Gasteiger partial charge in [-0.15, -0.1) is 5.10 Å². The van der Waals surface area contributed by atoms with Gasteiger partial charge in [0.1, 0.15) is 17.7 Å². The Morgan fingerprint density at radius 2 is 1.82 bits per heavy atom. The van der Waals surface area contributed by atoms with Crippen molar-refractivity contribution in [2.45, 2.75) is 5.92 Å². The van der Waals surface area contributed by atoms with E-state index in [-0.39, 0.29) is 17.3 Å². The fourth-order valence-corrected chi connectivity index (χ4v) is 5.71. The summed E-state index contributed by atoms with van der Waals surface area (Å²) in [6, 6.07) is 16.7. The van der Waals surface area contributed by atoms with Gasteiger partial charge >= 0.3 is 5.63 Å². The van der Waals surface area contributed by atoms with Crippen LogP contribution in [0.3, 0.4) is 0 Å². The standard InChI is InChI=1S/C29H18BrFN4O5/c1-37-20-12-15(11-18(30)25(20)38-2)21-22-24(17-5-3-4-6-19(17)39-29(22)36)40-28-23(21)27-33-26(34-35(27)13-32-28)14-7-9-16(31)10-8-14/h3-13,21H,1-2H3. The lowest BCUT2D eigenvalue weighted by Gasteiger charge is -2.28. The Kier molecular flexibility index (Phi) is 5.56. The fraction of sp³-hybridized carbons (Fsp3) is 0.103. The zero-order chi connectivity index (χ0) is 27.5. The van der Waals surface area contributed by atoms with Crippen molar-refractivity contribution in [2.75, 3.05) is 14.2 Å². The van der Waals surface area contributed by atoms with Gasteiger partial charge in [-0.05, 0) is 70.0 Å². The van der Waals surface area contributed by atoms with E-state index >= 15 is 0 Å². The molecular weight excluding hydrogens is 583 g/mol. The van der Waals surface area contributed by atoms with Crippen molar-refractivity contribution in [3.05, 3.63) is 104 Å². The van der Waals surface area contributed by atoms with Gasteiger partial charge in [-0.2, -0.15) is 0 Å². The number of halogens is 2. The predicted octanol–water partition coefficient (Wildman–Crippen LogP) is 6.10. The predicted molar refractivity (Wildman–Crippen MR) is 147 cm³/mol. The first kappa shape index (κ1) is 24.3. The molecule has 11 heteroatoms. The molecule has 1 unspecified atom stereocenters. The summed E-state index contributed by atoms with van der Waals surface area (Å²) in [5, 5.41) is 5.19. The molecule has 0 amide bonds. The van der Waals surface area contributed by atoms with Crippen LogP contribution in [-0.2, 0) is 0 Å². The van der Waals surface area contributed by atoms with Gasteiger partial charge in [0.2, 0.25) is 5.88 Å². The van der Waals surface area contributed by atoms with Crippen molar-refractivity contribution >= 4 is 32.5 Å². The van der Waals surface area contributed by atoms with E-state index in [1.165, 1.54) is 30.1 Å². The third kappa shape index (κ3) is 3.65. The van der Waals surface area contributed by atoms with Crippen molar-refractivity contribution < 1.29 is 23.0 Å². The summed E-state index contributed by atoms with van der Waals surface area (Å²) in [5.74, 6) is 0.849. The number of ether oxygens (including phenoxy) is 3. The summed E-state index contributed by atoms with van der Waals surface area (Å²) < 4.78 is 38.9. The van der Waals surface area contributed by atoms with E-state index in [4.69, 9.17) is 23.6 Å². The first-order valence-corrected chi connectivity index (χ1v) is 12.9. The highest BCUT2D eigenvalue weighted by Gasteiger charge is 2.38. The molecule has 0 bridgehead atoms. The van der Waals surface area contributed by atoms with Crippen LogP contribution in [0, 0.1) is 5.82 Å². The lowest BCUT2D eigenvalue weighted by atomic mass is 9.84.